The molecule has 7 nitrogen and oxygen atoms in total. The Labute approximate surface area is 191 Å². The summed E-state index contributed by atoms with van der Waals surface area (Å²) < 4.78 is 13.2. The number of pyridine rings is 1. The van der Waals surface area contributed by atoms with E-state index in [1.807, 2.05) is 48.0 Å². The van der Waals surface area contributed by atoms with E-state index < -0.39 is 0 Å². The van der Waals surface area contributed by atoms with E-state index in [-0.39, 0.29) is 5.91 Å². The van der Waals surface area contributed by atoms with Gasteiger partial charge in [0.15, 0.2) is 17.1 Å². The fourth-order valence-corrected chi connectivity index (χ4v) is 4.33. The third kappa shape index (κ3) is 3.80. The second-order valence-electron chi connectivity index (χ2n) is 8.61. The number of hydrogen-bond acceptors (Lipinski definition) is 5. The zero-order valence-electron chi connectivity index (χ0n) is 18.4. The maximum atomic E-state index is 13.5. The van der Waals surface area contributed by atoms with E-state index in [0.717, 1.165) is 40.8 Å². The van der Waals surface area contributed by atoms with Gasteiger partial charge in [0.25, 0.3) is 5.91 Å². The molecule has 4 aromatic rings. The van der Waals surface area contributed by atoms with Crippen LogP contribution in [0, 0.1) is 6.92 Å². The van der Waals surface area contributed by atoms with Crippen molar-refractivity contribution in [2.45, 2.75) is 32.2 Å². The summed E-state index contributed by atoms with van der Waals surface area (Å²) in [4.78, 5) is 18.4. The third-order valence-corrected chi connectivity index (χ3v) is 6.11. The summed E-state index contributed by atoms with van der Waals surface area (Å²) in [6.07, 6.45) is 2.21. The van der Waals surface area contributed by atoms with Crippen molar-refractivity contribution in [3.63, 3.8) is 0 Å². The van der Waals surface area contributed by atoms with Crippen LogP contribution in [-0.2, 0) is 6.54 Å². The Kier molecular flexibility index (Phi) is 4.75. The molecule has 1 amide bonds. The fourth-order valence-electron chi connectivity index (χ4n) is 4.33. The molecular formula is C26H24N4O3. The van der Waals surface area contributed by atoms with Gasteiger partial charge < -0.3 is 14.8 Å². The van der Waals surface area contributed by atoms with Crippen LogP contribution in [0.2, 0.25) is 0 Å². The highest BCUT2D eigenvalue weighted by Gasteiger charge is 2.29. The number of nitrogens with zero attached hydrogens (tertiary/aromatic N) is 3. The Morgan fingerprint density at radius 2 is 1.85 bits per heavy atom. The fraction of sp³-hybridized carbons (Fsp3) is 0.269. The molecule has 7 heteroatoms. The first-order valence-corrected chi connectivity index (χ1v) is 11.3. The Morgan fingerprint density at radius 1 is 1.06 bits per heavy atom. The molecule has 1 aliphatic heterocycles. The molecule has 1 aliphatic carbocycles. The van der Waals surface area contributed by atoms with Crippen molar-refractivity contribution >= 4 is 22.6 Å². The number of carbonyl (C=O) groups excluding carboxylic acids is 1. The Hall–Kier alpha value is -3.87. The van der Waals surface area contributed by atoms with Gasteiger partial charge in [0, 0.05) is 23.4 Å². The molecule has 3 heterocycles. The number of anilines is 1. The maximum absolute atomic E-state index is 13.5. The van der Waals surface area contributed by atoms with E-state index in [9.17, 15) is 4.79 Å². The number of ether oxygens (including phenoxy) is 2. The lowest BCUT2D eigenvalue weighted by Gasteiger charge is -2.19. The van der Waals surface area contributed by atoms with E-state index in [1.54, 1.807) is 6.07 Å². The van der Waals surface area contributed by atoms with Gasteiger partial charge in [-0.05, 0) is 43.5 Å². The first-order valence-electron chi connectivity index (χ1n) is 11.3. The van der Waals surface area contributed by atoms with E-state index >= 15 is 0 Å². The zero-order chi connectivity index (χ0) is 22.4. The predicted octanol–water partition coefficient (Wildman–Crippen LogP) is 4.69. The van der Waals surface area contributed by atoms with Crippen LogP contribution in [0.3, 0.4) is 0 Å². The van der Waals surface area contributed by atoms with Gasteiger partial charge in [-0.2, -0.15) is 5.10 Å². The van der Waals surface area contributed by atoms with Crippen molar-refractivity contribution in [2.24, 2.45) is 0 Å². The lowest BCUT2D eigenvalue weighted by molar-refractivity contribution is 0.102. The van der Waals surface area contributed by atoms with Gasteiger partial charge in [0.1, 0.15) is 13.2 Å². The van der Waals surface area contributed by atoms with Crippen LogP contribution >= 0.6 is 0 Å². The smallest absolute Gasteiger partial charge is 0.256 e. The van der Waals surface area contributed by atoms with E-state index in [4.69, 9.17) is 19.6 Å². The minimum absolute atomic E-state index is 0.177. The van der Waals surface area contributed by atoms with Crippen LogP contribution in [0.4, 0.5) is 5.69 Å². The molecule has 0 atom stereocenters. The number of benzene rings is 2. The van der Waals surface area contributed by atoms with Crippen LogP contribution in [0.25, 0.3) is 11.0 Å². The SMILES string of the molecule is Cc1nn(Cc2ccccc2)c2nc(C3CC3)cc(C(=O)Nc3ccc4c(c3)OCCO4)c12. The predicted molar refractivity (Wildman–Crippen MR) is 125 cm³/mol. The van der Waals surface area contributed by atoms with Gasteiger partial charge in [-0.3, -0.25) is 4.79 Å². The Morgan fingerprint density at radius 3 is 2.64 bits per heavy atom. The Bertz CT molecular complexity index is 1360. The minimum atomic E-state index is -0.177. The van der Waals surface area contributed by atoms with Gasteiger partial charge in [0.2, 0.25) is 0 Å². The van der Waals surface area contributed by atoms with E-state index in [1.165, 1.54) is 0 Å². The summed E-state index contributed by atoms with van der Waals surface area (Å²) in [5, 5.41) is 8.58. The molecular weight excluding hydrogens is 416 g/mol. The zero-order valence-corrected chi connectivity index (χ0v) is 18.4. The molecule has 33 heavy (non-hydrogen) atoms. The lowest BCUT2D eigenvalue weighted by atomic mass is 10.1. The first kappa shape index (κ1) is 19.8. The summed E-state index contributed by atoms with van der Waals surface area (Å²) >= 11 is 0. The van der Waals surface area contributed by atoms with E-state index in [2.05, 4.69) is 17.4 Å². The second kappa shape index (κ2) is 7.92. The summed E-state index contributed by atoms with van der Waals surface area (Å²) in [6, 6.07) is 17.6. The number of aromatic nitrogens is 3. The van der Waals surface area contributed by atoms with Crippen molar-refractivity contribution in [2.75, 3.05) is 18.5 Å². The standard InChI is InChI=1S/C26H24N4O3/c1-16-24-20(26(31)27-19-9-10-22-23(13-19)33-12-11-32-22)14-21(18-7-8-18)28-25(24)30(29-16)15-17-5-3-2-4-6-17/h2-6,9-10,13-14,18H,7-8,11-12,15H2,1H3,(H,27,31). The summed E-state index contributed by atoms with van der Waals surface area (Å²) in [5.74, 6) is 1.57. The number of hydrogen-bond donors (Lipinski definition) is 1. The van der Waals surface area contributed by atoms with Crippen molar-refractivity contribution in [1.82, 2.24) is 14.8 Å². The molecule has 2 aromatic carbocycles. The molecule has 0 radical (unpaired) electrons. The minimum Gasteiger partial charge on any atom is -0.486 e. The average molecular weight is 441 g/mol. The maximum Gasteiger partial charge on any atom is 0.256 e. The topological polar surface area (TPSA) is 78.3 Å². The molecule has 6 rings (SSSR count). The van der Waals surface area contributed by atoms with Crippen LogP contribution in [0.5, 0.6) is 11.5 Å². The molecule has 1 saturated carbocycles. The highest BCUT2D eigenvalue weighted by molar-refractivity contribution is 6.12. The van der Waals surface area contributed by atoms with Crippen LogP contribution < -0.4 is 14.8 Å². The van der Waals surface area contributed by atoms with Gasteiger partial charge in [-0.25, -0.2) is 9.67 Å². The number of fused-ring (bicyclic) bond motifs is 2. The van der Waals surface area contributed by atoms with E-state index in [0.29, 0.717) is 48.4 Å². The van der Waals surface area contributed by atoms with Gasteiger partial charge in [-0.15, -0.1) is 0 Å². The van der Waals surface area contributed by atoms with Crippen LogP contribution in [-0.4, -0.2) is 33.9 Å². The largest absolute Gasteiger partial charge is 0.486 e. The molecule has 0 saturated heterocycles. The van der Waals surface area contributed by atoms with Crippen LogP contribution in [0.15, 0.2) is 54.6 Å². The summed E-state index contributed by atoms with van der Waals surface area (Å²) in [6.45, 7) is 3.57. The quantitative estimate of drug-likeness (QED) is 0.487. The third-order valence-electron chi connectivity index (χ3n) is 6.11. The molecule has 166 valence electrons. The monoisotopic (exact) mass is 440 g/mol. The molecule has 2 aromatic heterocycles. The van der Waals surface area contributed by atoms with Crippen molar-refractivity contribution < 1.29 is 14.3 Å². The highest BCUT2D eigenvalue weighted by Crippen LogP contribution is 2.41. The number of carbonyl (C=O) groups is 1. The second-order valence-corrected chi connectivity index (χ2v) is 8.61. The molecule has 1 N–H and O–H groups in total. The van der Waals surface area contributed by atoms with Gasteiger partial charge >= 0.3 is 0 Å². The summed E-state index contributed by atoms with van der Waals surface area (Å²) in [5.41, 5.74) is 4.92. The van der Waals surface area contributed by atoms with Crippen molar-refractivity contribution in [3.8, 4) is 11.5 Å². The number of amides is 1. The highest BCUT2D eigenvalue weighted by atomic mass is 16.6. The molecule has 0 spiro atoms. The number of aryl methyl sites for hydroxylation is 1. The van der Waals surface area contributed by atoms with Gasteiger partial charge in [-0.1, -0.05) is 30.3 Å². The first-order chi connectivity index (χ1) is 16.2. The number of rotatable bonds is 5. The Balaban J connectivity index is 1.39. The van der Waals surface area contributed by atoms with Crippen molar-refractivity contribution in [1.29, 1.82) is 0 Å². The normalized spacial score (nSPS) is 14.9. The summed E-state index contributed by atoms with van der Waals surface area (Å²) in [7, 11) is 0. The molecule has 0 bridgehead atoms. The molecule has 2 aliphatic rings. The molecule has 1 fully saturated rings. The van der Waals surface area contributed by atoms with Gasteiger partial charge in [0.05, 0.1) is 23.2 Å². The number of nitrogens with one attached hydrogen (secondary N) is 1. The van der Waals surface area contributed by atoms with Crippen LogP contribution in [0.1, 0.15) is 46.1 Å². The average Bonchev–Trinajstić information content (AvgIpc) is 3.64. The van der Waals surface area contributed by atoms with Crippen molar-refractivity contribution in [3.05, 3.63) is 77.1 Å². The molecule has 0 unspecified atom stereocenters. The lowest BCUT2D eigenvalue weighted by Crippen LogP contribution is -2.17.